The van der Waals surface area contributed by atoms with Gasteiger partial charge in [0.1, 0.15) is 36.7 Å². The minimum atomic E-state index is -0.759. The molecule has 0 aromatic heterocycles. The van der Waals surface area contributed by atoms with Gasteiger partial charge in [-0.2, -0.15) is 0 Å². The lowest BCUT2D eigenvalue weighted by atomic mass is 9.89. The number of carbonyl (C=O) groups is 4. The second-order valence-electron chi connectivity index (χ2n) is 14.7. The number of fused-ring (bicyclic) bond motifs is 2. The van der Waals surface area contributed by atoms with Crippen molar-refractivity contribution in [3.05, 3.63) is 53.1 Å². The molecule has 1 aromatic carbocycles. The largest absolute Gasteiger partial charge is 0.460 e. The quantitative estimate of drug-likeness (QED) is 0.263. The van der Waals surface area contributed by atoms with Crippen molar-refractivity contribution in [1.82, 2.24) is 10.2 Å². The maximum absolute atomic E-state index is 13.9. The minimum absolute atomic E-state index is 0.0114. The highest BCUT2D eigenvalue weighted by molar-refractivity contribution is 5.98. The van der Waals surface area contributed by atoms with Crippen molar-refractivity contribution in [1.29, 1.82) is 0 Å². The van der Waals surface area contributed by atoms with Crippen LogP contribution in [0.5, 0.6) is 0 Å². The molecule has 2 aliphatic carbocycles. The third kappa shape index (κ3) is 8.97. The number of aliphatic hydroxyl groups is 1. The van der Waals surface area contributed by atoms with E-state index in [0.717, 1.165) is 24.8 Å². The molecule has 12 heteroatoms. The van der Waals surface area contributed by atoms with Crippen LogP contribution in [0.1, 0.15) is 88.1 Å². The van der Waals surface area contributed by atoms with E-state index >= 15 is 0 Å². The number of nitrogens with zero attached hydrogens (tertiary/aromatic N) is 1. The van der Waals surface area contributed by atoms with Crippen LogP contribution in [0.25, 0.3) is 6.08 Å². The smallest absolute Gasteiger partial charge is 0.338 e. The van der Waals surface area contributed by atoms with E-state index in [1.807, 2.05) is 12.1 Å². The van der Waals surface area contributed by atoms with Gasteiger partial charge in [-0.1, -0.05) is 24.3 Å². The first kappa shape index (κ1) is 35.3. The van der Waals surface area contributed by atoms with E-state index in [0.29, 0.717) is 48.6 Å². The predicted molar refractivity (Wildman–Crippen MR) is 177 cm³/mol. The van der Waals surface area contributed by atoms with E-state index in [9.17, 15) is 24.3 Å². The highest BCUT2D eigenvalue weighted by Gasteiger charge is 2.45. The van der Waals surface area contributed by atoms with Gasteiger partial charge in [-0.25, -0.2) is 4.79 Å². The molecule has 0 bridgehead atoms. The number of allylic oxidation sites excluding steroid dienone is 1. The zero-order valence-electron chi connectivity index (χ0n) is 28.5. The maximum Gasteiger partial charge on any atom is 0.338 e. The lowest BCUT2D eigenvalue weighted by Crippen LogP contribution is -2.51. The topological polar surface area (TPSA) is 153 Å². The fourth-order valence-corrected chi connectivity index (χ4v) is 7.17. The monoisotopic (exact) mass is 680 g/mol. The van der Waals surface area contributed by atoms with Crippen molar-refractivity contribution >= 4 is 29.8 Å². The maximum atomic E-state index is 13.9. The number of aliphatic hydroxyl groups excluding tert-OH is 1. The Balaban J connectivity index is 1.04. The molecule has 6 rings (SSSR count). The summed E-state index contributed by atoms with van der Waals surface area (Å²) < 4.78 is 28.4. The van der Waals surface area contributed by atoms with Crippen LogP contribution in [0.4, 0.5) is 0 Å². The summed E-state index contributed by atoms with van der Waals surface area (Å²) in [4.78, 5) is 54.1. The fraction of sp³-hybridized carbons (Fsp3) is 0.622. The van der Waals surface area contributed by atoms with E-state index < -0.39 is 53.8 Å². The van der Waals surface area contributed by atoms with Gasteiger partial charge in [-0.05, 0) is 89.0 Å². The number of hydrogen-bond acceptors (Lipinski definition) is 10. The molecule has 3 heterocycles. The van der Waals surface area contributed by atoms with Crippen LogP contribution in [0.2, 0.25) is 0 Å². The zero-order valence-corrected chi connectivity index (χ0v) is 28.5. The van der Waals surface area contributed by atoms with Crippen molar-refractivity contribution in [2.45, 2.75) is 120 Å². The summed E-state index contributed by atoms with van der Waals surface area (Å²) in [6.45, 7) is 5.35. The molecule has 2 amide bonds. The van der Waals surface area contributed by atoms with Crippen LogP contribution >= 0.6 is 0 Å². The van der Waals surface area contributed by atoms with E-state index in [1.165, 1.54) is 4.90 Å². The van der Waals surface area contributed by atoms with Gasteiger partial charge < -0.3 is 39.0 Å². The second-order valence-corrected chi connectivity index (χ2v) is 14.7. The van der Waals surface area contributed by atoms with Crippen LogP contribution in [-0.2, 0) is 38.1 Å². The predicted octanol–water partition coefficient (Wildman–Crippen LogP) is 3.45. The molecule has 1 saturated carbocycles. The molecule has 8 unspecified atom stereocenters. The van der Waals surface area contributed by atoms with Crippen molar-refractivity contribution in [2.75, 3.05) is 19.9 Å². The molecule has 266 valence electrons. The van der Waals surface area contributed by atoms with Crippen LogP contribution in [0.3, 0.4) is 0 Å². The normalized spacial score (nSPS) is 29.8. The number of ether oxygens (including phenoxy) is 5. The number of nitrogens with one attached hydrogen (secondary N) is 1. The molecule has 49 heavy (non-hydrogen) atoms. The summed E-state index contributed by atoms with van der Waals surface area (Å²) in [5.41, 5.74) is 1.14. The van der Waals surface area contributed by atoms with Crippen molar-refractivity contribution < 1.29 is 48.0 Å². The first-order valence-electron chi connectivity index (χ1n) is 17.5. The van der Waals surface area contributed by atoms with E-state index in [1.54, 1.807) is 39.0 Å². The van der Waals surface area contributed by atoms with Gasteiger partial charge in [0, 0.05) is 25.0 Å². The summed E-state index contributed by atoms with van der Waals surface area (Å²) in [6.07, 6.45) is 9.76. The molecular formula is C37H48N2O10. The minimum Gasteiger partial charge on any atom is -0.460 e. The molecule has 8 atom stereocenters. The standard InChI is InChI=1S/C37H48N2O10/c1-37(2,3)49-32(41)15-13-26(20-40)38-34(42)27-5-4-16-39(27)35(43)25-18-30-33(46-21-45-30)31(19-25)48-36(44)24-11-8-22(9-12-24)6-7-23-10-14-28-29(17-23)47-28/h6-9,11-12,18,23,26-31,33,40H,4-5,10,13-17,19-21H2,1-3H3,(H,38,42). The molecule has 2 N–H and O–H groups in total. The zero-order chi connectivity index (χ0) is 34.7. The molecular weight excluding hydrogens is 632 g/mol. The van der Waals surface area contributed by atoms with Crippen LogP contribution in [0, 0.1) is 5.92 Å². The summed E-state index contributed by atoms with van der Waals surface area (Å²) in [5, 5.41) is 12.7. The van der Waals surface area contributed by atoms with Gasteiger partial charge in [0.05, 0.1) is 30.4 Å². The third-order valence-corrected chi connectivity index (χ3v) is 9.78. The van der Waals surface area contributed by atoms with E-state index in [2.05, 4.69) is 17.5 Å². The fourth-order valence-electron chi connectivity index (χ4n) is 7.17. The Morgan fingerprint density at radius 3 is 2.61 bits per heavy atom. The number of epoxide rings is 1. The average Bonchev–Trinajstić information content (AvgIpc) is 3.41. The number of hydrogen-bond donors (Lipinski definition) is 2. The molecule has 1 aromatic rings. The van der Waals surface area contributed by atoms with E-state index in [4.69, 9.17) is 23.7 Å². The van der Waals surface area contributed by atoms with Gasteiger partial charge in [0.25, 0.3) is 0 Å². The number of esters is 2. The number of amides is 2. The molecule has 0 radical (unpaired) electrons. The van der Waals surface area contributed by atoms with E-state index in [-0.39, 0.29) is 38.6 Å². The van der Waals surface area contributed by atoms with Crippen molar-refractivity contribution in [3.8, 4) is 0 Å². The third-order valence-electron chi connectivity index (χ3n) is 9.78. The Morgan fingerprint density at radius 2 is 1.88 bits per heavy atom. The van der Waals surface area contributed by atoms with Gasteiger partial charge in [0.15, 0.2) is 0 Å². The molecule has 0 spiro atoms. The molecule has 3 saturated heterocycles. The lowest BCUT2D eigenvalue weighted by molar-refractivity contribution is -0.155. The molecule has 3 aliphatic heterocycles. The van der Waals surface area contributed by atoms with Crippen LogP contribution < -0.4 is 5.32 Å². The van der Waals surface area contributed by atoms with Gasteiger partial charge in [0.2, 0.25) is 11.8 Å². The number of likely N-dealkylation sites (tertiary alicyclic amines) is 1. The summed E-state index contributed by atoms with van der Waals surface area (Å²) in [7, 11) is 0. The first-order valence-corrected chi connectivity index (χ1v) is 17.5. The number of rotatable bonds is 11. The molecule has 12 nitrogen and oxygen atoms in total. The Kier molecular flexibility index (Phi) is 10.9. The number of benzene rings is 1. The highest BCUT2D eigenvalue weighted by Crippen LogP contribution is 2.40. The van der Waals surface area contributed by atoms with Crippen molar-refractivity contribution in [2.24, 2.45) is 5.92 Å². The Labute approximate surface area is 287 Å². The van der Waals surface area contributed by atoms with Crippen LogP contribution in [0.15, 0.2) is 42.0 Å². The Bertz CT molecular complexity index is 1450. The highest BCUT2D eigenvalue weighted by atomic mass is 16.7. The molecule has 4 fully saturated rings. The van der Waals surface area contributed by atoms with Crippen molar-refractivity contribution in [3.63, 3.8) is 0 Å². The summed E-state index contributed by atoms with van der Waals surface area (Å²) in [5.74, 6) is -1.16. The summed E-state index contributed by atoms with van der Waals surface area (Å²) in [6, 6.07) is 5.83. The SMILES string of the molecule is CC(C)(C)OC(=O)CCC(CO)NC(=O)C1CCCN1C(=O)C1=CC2OCOC2C(OC(=O)c2ccc(C=CC3CCC4OC4C3)cc2)C1. The summed E-state index contributed by atoms with van der Waals surface area (Å²) >= 11 is 0. The Hall–Kier alpha value is -3.58. The Morgan fingerprint density at radius 1 is 1.08 bits per heavy atom. The lowest BCUT2D eigenvalue weighted by Gasteiger charge is -2.33. The second kappa shape index (κ2) is 15.1. The van der Waals surface area contributed by atoms with Gasteiger partial charge in [-0.15, -0.1) is 0 Å². The average molecular weight is 681 g/mol. The number of carbonyl (C=O) groups excluding carboxylic acids is 4. The van der Waals surface area contributed by atoms with Gasteiger partial charge >= 0.3 is 11.9 Å². The van der Waals surface area contributed by atoms with Crippen LogP contribution in [-0.4, -0.2) is 102 Å². The first-order chi connectivity index (χ1) is 23.5. The van der Waals surface area contributed by atoms with Gasteiger partial charge in [-0.3, -0.25) is 14.4 Å². The molecule has 5 aliphatic rings.